The number of hydrogen-bond donors (Lipinski definition) is 1. The Kier molecular flexibility index (Phi) is 3.52. The molecule has 1 aliphatic carbocycles. The van der Waals surface area contributed by atoms with Gasteiger partial charge in [-0.05, 0) is 12.8 Å². The molecule has 1 aliphatic rings. The maximum absolute atomic E-state index is 12.1. The molecule has 1 nitrogen and oxygen atoms in total. The van der Waals surface area contributed by atoms with E-state index in [0.717, 1.165) is 6.42 Å². The monoisotopic (exact) mass is 171 g/mol. The van der Waals surface area contributed by atoms with E-state index < -0.39 is 11.8 Å². The Morgan fingerprint density at radius 1 is 1.40 bits per heavy atom. The predicted octanol–water partition coefficient (Wildman–Crippen LogP) is 1.80. The van der Waals surface area contributed by atoms with Crippen molar-refractivity contribution in [2.75, 3.05) is 6.54 Å². The minimum absolute atomic E-state index is 0. The lowest BCUT2D eigenvalue weighted by atomic mass is 9.69. The molecule has 1 rings (SSSR count). The van der Waals surface area contributed by atoms with Gasteiger partial charge in [-0.3, -0.25) is 0 Å². The summed E-state index contributed by atoms with van der Waals surface area (Å²) in [5.41, 5.74) is 4.40. The summed E-state index contributed by atoms with van der Waals surface area (Å²) >= 11 is 0. The molecule has 0 unspecified atom stereocenters. The molecule has 4 heteroatoms. The average molecular weight is 172 g/mol. The van der Waals surface area contributed by atoms with Gasteiger partial charge in [-0.25, -0.2) is 8.78 Å². The zero-order valence-electron chi connectivity index (χ0n) is 5.65. The van der Waals surface area contributed by atoms with Crippen LogP contribution < -0.4 is 5.73 Å². The van der Waals surface area contributed by atoms with E-state index in [0.29, 0.717) is 12.8 Å². The SMILES string of the molecule is Cl.NCC1(C(F)F)CCC1. The van der Waals surface area contributed by atoms with Gasteiger partial charge >= 0.3 is 0 Å². The Morgan fingerprint density at radius 2 is 1.90 bits per heavy atom. The molecule has 1 fully saturated rings. The topological polar surface area (TPSA) is 26.0 Å². The van der Waals surface area contributed by atoms with Crippen LogP contribution in [0.4, 0.5) is 8.78 Å². The second-order valence-electron chi connectivity index (χ2n) is 2.72. The van der Waals surface area contributed by atoms with Crippen molar-refractivity contribution in [2.24, 2.45) is 11.1 Å². The molecular formula is C6H12ClF2N. The second-order valence-corrected chi connectivity index (χ2v) is 2.72. The van der Waals surface area contributed by atoms with E-state index >= 15 is 0 Å². The number of nitrogens with two attached hydrogens (primary N) is 1. The van der Waals surface area contributed by atoms with Crippen molar-refractivity contribution >= 4 is 12.4 Å². The molecule has 0 spiro atoms. The van der Waals surface area contributed by atoms with E-state index in [4.69, 9.17) is 5.73 Å². The van der Waals surface area contributed by atoms with Crippen molar-refractivity contribution in [2.45, 2.75) is 25.7 Å². The van der Waals surface area contributed by atoms with Gasteiger partial charge in [0, 0.05) is 12.0 Å². The number of alkyl halides is 2. The Hall–Kier alpha value is 0.110. The van der Waals surface area contributed by atoms with Crippen LogP contribution in [0.15, 0.2) is 0 Å². The zero-order valence-corrected chi connectivity index (χ0v) is 6.46. The minimum Gasteiger partial charge on any atom is -0.330 e. The molecule has 0 atom stereocenters. The highest BCUT2D eigenvalue weighted by molar-refractivity contribution is 5.85. The summed E-state index contributed by atoms with van der Waals surface area (Å²) in [6.07, 6.45) is -0.0691. The second kappa shape index (κ2) is 3.49. The van der Waals surface area contributed by atoms with E-state index in [9.17, 15) is 8.78 Å². The maximum Gasteiger partial charge on any atom is 0.245 e. The van der Waals surface area contributed by atoms with Crippen LogP contribution in [0.1, 0.15) is 19.3 Å². The summed E-state index contributed by atoms with van der Waals surface area (Å²) in [5, 5.41) is 0. The first-order valence-corrected chi connectivity index (χ1v) is 3.19. The summed E-state index contributed by atoms with van der Waals surface area (Å²) in [4.78, 5) is 0. The molecule has 0 aromatic heterocycles. The van der Waals surface area contributed by atoms with Crippen molar-refractivity contribution in [3.63, 3.8) is 0 Å². The molecule has 0 saturated heterocycles. The van der Waals surface area contributed by atoms with Crippen molar-refractivity contribution < 1.29 is 8.78 Å². The van der Waals surface area contributed by atoms with Gasteiger partial charge in [0.1, 0.15) is 0 Å². The molecule has 10 heavy (non-hydrogen) atoms. The highest BCUT2D eigenvalue weighted by Gasteiger charge is 2.43. The number of rotatable bonds is 2. The number of hydrogen-bond acceptors (Lipinski definition) is 1. The highest BCUT2D eigenvalue weighted by atomic mass is 35.5. The van der Waals surface area contributed by atoms with Crippen LogP contribution >= 0.6 is 12.4 Å². The summed E-state index contributed by atoms with van der Waals surface area (Å²) < 4.78 is 24.1. The number of halogens is 3. The van der Waals surface area contributed by atoms with Crippen molar-refractivity contribution in [1.29, 1.82) is 0 Å². The molecule has 0 bridgehead atoms. The Morgan fingerprint density at radius 3 is 1.90 bits per heavy atom. The van der Waals surface area contributed by atoms with Crippen LogP contribution in [0.3, 0.4) is 0 Å². The van der Waals surface area contributed by atoms with E-state index in [2.05, 4.69) is 0 Å². The van der Waals surface area contributed by atoms with Crippen molar-refractivity contribution in [3.8, 4) is 0 Å². The van der Waals surface area contributed by atoms with Crippen molar-refractivity contribution in [1.82, 2.24) is 0 Å². The third-order valence-electron chi connectivity index (χ3n) is 2.22. The molecule has 1 saturated carbocycles. The first kappa shape index (κ1) is 10.1. The lowest BCUT2D eigenvalue weighted by molar-refractivity contribution is -0.0529. The van der Waals surface area contributed by atoms with Gasteiger partial charge in [0.2, 0.25) is 6.43 Å². The van der Waals surface area contributed by atoms with Gasteiger partial charge in [-0.1, -0.05) is 6.42 Å². The largest absolute Gasteiger partial charge is 0.330 e. The summed E-state index contributed by atoms with van der Waals surface area (Å²) in [6.45, 7) is 0.144. The normalized spacial score (nSPS) is 21.6. The molecule has 0 aromatic rings. The van der Waals surface area contributed by atoms with E-state index in [-0.39, 0.29) is 19.0 Å². The fourth-order valence-electron chi connectivity index (χ4n) is 1.14. The Bertz CT molecular complexity index is 98.4. The van der Waals surface area contributed by atoms with E-state index in [1.807, 2.05) is 0 Å². The predicted molar refractivity (Wildman–Crippen MR) is 38.6 cm³/mol. The summed E-state index contributed by atoms with van der Waals surface area (Å²) in [5.74, 6) is 0. The van der Waals surface area contributed by atoms with Crippen LogP contribution in [0.2, 0.25) is 0 Å². The maximum atomic E-state index is 12.1. The smallest absolute Gasteiger partial charge is 0.245 e. The van der Waals surface area contributed by atoms with Crippen LogP contribution in [0.5, 0.6) is 0 Å². The van der Waals surface area contributed by atoms with Gasteiger partial charge in [0.25, 0.3) is 0 Å². The van der Waals surface area contributed by atoms with E-state index in [1.165, 1.54) is 0 Å². The summed E-state index contributed by atoms with van der Waals surface area (Å²) in [6, 6.07) is 0. The van der Waals surface area contributed by atoms with Gasteiger partial charge in [0.15, 0.2) is 0 Å². The molecule has 62 valence electrons. The van der Waals surface area contributed by atoms with Crippen LogP contribution in [-0.2, 0) is 0 Å². The molecule has 0 aromatic carbocycles. The van der Waals surface area contributed by atoms with E-state index in [1.54, 1.807) is 0 Å². The quantitative estimate of drug-likeness (QED) is 0.674. The molecule has 2 N–H and O–H groups in total. The zero-order chi connectivity index (χ0) is 6.91. The first-order valence-electron chi connectivity index (χ1n) is 3.19. The summed E-state index contributed by atoms with van der Waals surface area (Å²) in [7, 11) is 0. The molecular weight excluding hydrogens is 160 g/mol. The standard InChI is InChI=1S/C6H11F2N.ClH/c7-5(8)6(4-9)2-1-3-6;/h5H,1-4,9H2;1H. The Balaban J connectivity index is 0.000000810. The third-order valence-corrected chi connectivity index (χ3v) is 2.22. The fraction of sp³-hybridized carbons (Fsp3) is 1.00. The van der Waals surface area contributed by atoms with Gasteiger partial charge in [0.05, 0.1) is 0 Å². The first-order chi connectivity index (χ1) is 4.21. The fourth-order valence-corrected chi connectivity index (χ4v) is 1.14. The van der Waals surface area contributed by atoms with Gasteiger partial charge in [-0.2, -0.15) is 0 Å². The van der Waals surface area contributed by atoms with Crippen LogP contribution in [0, 0.1) is 5.41 Å². The minimum atomic E-state index is -2.21. The highest BCUT2D eigenvalue weighted by Crippen LogP contribution is 2.44. The van der Waals surface area contributed by atoms with Gasteiger partial charge in [-0.15, -0.1) is 12.4 Å². The lowest BCUT2D eigenvalue weighted by Gasteiger charge is -2.39. The van der Waals surface area contributed by atoms with Gasteiger partial charge < -0.3 is 5.73 Å². The molecule has 0 aliphatic heterocycles. The Labute approximate surface area is 65.4 Å². The average Bonchev–Trinajstić information content (AvgIpc) is 1.62. The molecule has 0 amide bonds. The van der Waals surface area contributed by atoms with Crippen molar-refractivity contribution in [3.05, 3.63) is 0 Å². The van der Waals surface area contributed by atoms with Crippen LogP contribution in [0.25, 0.3) is 0 Å². The lowest BCUT2D eigenvalue weighted by Crippen LogP contribution is -2.43. The molecule has 0 radical (unpaired) electrons. The molecule has 0 heterocycles. The van der Waals surface area contributed by atoms with Crippen LogP contribution in [-0.4, -0.2) is 13.0 Å². The third kappa shape index (κ3) is 1.40.